The van der Waals surface area contributed by atoms with Crippen LogP contribution in [0.3, 0.4) is 0 Å². The first-order chi connectivity index (χ1) is 7.25. The van der Waals surface area contributed by atoms with Gasteiger partial charge in [-0.05, 0) is 30.3 Å². The van der Waals surface area contributed by atoms with Gasteiger partial charge in [0.15, 0.2) is 0 Å². The number of halogens is 1. The van der Waals surface area contributed by atoms with Gasteiger partial charge < -0.3 is 10.2 Å². The van der Waals surface area contributed by atoms with Crippen LogP contribution in [0.25, 0.3) is 0 Å². The van der Waals surface area contributed by atoms with Crippen molar-refractivity contribution >= 4 is 29.1 Å². The van der Waals surface area contributed by atoms with Gasteiger partial charge in [0.2, 0.25) is 0 Å². The van der Waals surface area contributed by atoms with Crippen LogP contribution in [0.1, 0.15) is 5.76 Å². The lowest BCUT2D eigenvalue weighted by Crippen LogP contribution is -1.85. The van der Waals surface area contributed by atoms with Gasteiger partial charge in [-0.3, -0.25) is 0 Å². The number of benzene rings is 1. The molecular formula is C11H10ClNOS. The minimum absolute atomic E-state index is 0.683. The Morgan fingerprint density at radius 3 is 2.87 bits per heavy atom. The highest BCUT2D eigenvalue weighted by molar-refractivity contribution is 7.98. The molecule has 2 nitrogen and oxygen atoms in total. The minimum Gasteiger partial charge on any atom is -0.468 e. The Morgan fingerprint density at radius 1 is 1.33 bits per heavy atom. The van der Waals surface area contributed by atoms with E-state index in [2.05, 4.69) is 0 Å². The van der Waals surface area contributed by atoms with Crippen molar-refractivity contribution in [1.82, 2.24) is 0 Å². The third-order valence-corrected chi connectivity index (χ3v) is 3.43. The Labute approximate surface area is 97.4 Å². The number of nitrogen functional groups attached to an aromatic ring is 1. The summed E-state index contributed by atoms with van der Waals surface area (Å²) in [6, 6.07) is 9.34. The maximum absolute atomic E-state index is 6.04. The summed E-state index contributed by atoms with van der Waals surface area (Å²) < 4.78 is 5.23. The molecule has 0 atom stereocenters. The molecule has 1 aromatic heterocycles. The molecule has 0 fully saturated rings. The predicted molar refractivity (Wildman–Crippen MR) is 64.1 cm³/mol. The standard InChI is InChI=1S/C11H10ClNOS/c12-10-6-8(13)3-4-11(10)15-7-9-2-1-5-14-9/h1-6H,7,13H2. The second-order valence-electron chi connectivity index (χ2n) is 3.06. The van der Waals surface area contributed by atoms with Gasteiger partial charge in [-0.1, -0.05) is 11.6 Å². The molecule has 15 heavy (non-hydrogen) atoms. The Bertz CT molecular complexity index is 442. The van der Waals surface area contributed by atoms with Gasteiger partial charge in [0, 0.05) is 10.6 Å². The predicted octanol–water partition coefficient (Wildman–Crippen LogP) is 3.81. The molecule has 2 rings (SSSR count). The molecule has 1 aromatic carbocycles. The molecule has 0 saturated carbocycles. The third-order valence-electron chi connectivity index (χ3n) is 1.91. The van der Waals surface area contributed by atoms with Crippen molar-refractivity contribution in [3.63, 3.8) is 0 Å². The molecule has 2 N–H and O–H groups in total. The molecule has 0 spiro atoms. The van der Waals surface area contributed by atoms with E-state index in [1.165, 1.54) is 0 Å². The van der Waals surface area contributed by atoms with Crippen LogP contribution >= 0.6 is 23.4 Å². The number of rotatable bonds is 3. The summed E-state index contributed by atoms with van der Waals surface area (Å²) in [6.07, 6.45) is 1.67. The fourth-order valence-electron chi connectivity index (χ4n) is 1.18. The normalized spacial score (nSPS) is 10.5. The second kappa shape index (κ2) is 4.64. The number of thioether (sulfide) groups is 1. The number of hydrogen-bond acceptors (Lipinski definition) is 3. The number of nitrogens with two attached hydrogens (primary N) is 1. The molecule has 0 radical (unpaired) electrons. The van der Waals surface area contributed by atoms with Gasteiger partial charge in [0.1, 0.15) is 5.76 Å². The van der Waals surface area contributed by atoms with E-state index in [4.69, 9.17) is 21.8 Å². The van der Waals surface area contributed by atoms with Gasteiger partial charge in [-0.25, -0.2) is 0 Å². The van der Waals surface area contributed by atoms with E-state index in [0.29, 0.717) is 10.7 Å². The highest BCUT2D eigenvalue weighted by Gasteiger charge is 2.03. The number of anilines is 1. The highest BCUT2D eigenvalue weighted by Crippen LogP contribution is 2.31. The first-order valence-corrected chi connectivity index (χ1v) is 5.82. The van der Waals surface area contributed by atoms with Crippen molar-refractivity contribution < 1.29 is 4.42 Å². The van der Waals surface area contributed by atoms with E-state index in [-0.39, 0.29) is 0 Å². The minimum atomic E-state index is 0.683. The lowest BCUT2D eigenvalue weighted by molar-refractivity contribution is 0.530. The van der Waals surface area contributed by atoms with Crippen LogP contribution in [0, 0.1) is 0 Å². The summed E-state index contributed by atoms with van der Waals surface area (Å²) in [4.78, 5) is 1.02. The summed E-state index contributed by atoms with van der Waals surface area (Å²) in [7, 11) is 0. The Morgan fingerprint density at radius 2 is 2.20 bits per heavy atom. The molecule has 0 aliphatic heterocycles. The van der Waals surface area contributed by atoms with Crippen LogP contribution in [0.15, 0.2) is 45.9 Å². The average molecular weight is 240 g/mol. The van der Waals surface area contributed by atoms with E-state index in [9.17, 15) is 0 Å². The zero-order chi connectivity index (χ0) is 10.7. The van der Waals surface area contributed by atoms with Crippen molar-refractivity contribution in [3.05, 3.63) is 47.4 Å². The van der Waals surface area contributed by atoms with Crippen molar-refractivity contribution in [2.45, 2.75) is 10.6 Å². The quantitative estimate of drug-likeness (QED) is 0.654. The SMILES string of the molecule is Nc1ccc(SCc2ccco2)c(Cl)c1. The van der Waals surface area contributed by atoms with Crippen molar-refractivity contribution in [2.75, 3.05) is 5.73 Å². The maximum atomic E-state index is 6.04. The average Bonchev–Trinajstić information content (AvgIpc) is 2.69. The molecular weight excluding hydrogens is 230 g/mol. The van der Waals surface area contributed by atoms with E-state index in [0.717, 1.165) is 16.4 Å². The zero-order valence-electron chi connectivity index (χ0n) is 7.94. The van der Waals surface area contributed by atoms with Gasteiger partial charge in [0.05, 0.1) is 17.0 Å². The molecule has 4 heteroatoms. The van der Waals surface area contributed by atoms with Crippen molar-refractivity contribution in [1.29, 1.82) is 0 Å². The Kier molecular flexibility index (Phi) is 3.23. The van der Waals surface area contributed by atoms with E-state index < -0.39 is 0 Å². The number of furan rings is 1. The van der Waals surface area contributed by atoms with Crippen LogP contribution in [0.2, 0.25) is 5.02 Å². The number of hydrogen-bond donors (Lipinski definition) is 1. The third kappa shape index (κ3) is 2.70. The summed E-state index contributed by atoms with van der Waals surface area (Å²) in [6.45, 7) is 0. The topological polar surface area (TPSA) is 39.2 Å². The molecule has 78 valence electrons. The van der Waals surface area contributed by atoms with Gasteiger partial charge >= 0.3 is 0 Å². The van der Waals surface area contributed by atoms with Crippen LogP contribution in [-0.2, 0) is 5.75 Å². The lowest BCUT2D eigenvalue weighted by Gasteiger charge is -2.03. The van der Waals surface area contributed by atoms with Crippen molar-refractivity contribution in [3.8, 4) is 0 Å². The summed E-state index contributed by atoms with van der Waals surface area (Å²) in [5, 5.41) is 0.687. The maximum Gasteiger partial charge on any atom is 0.113 e. The molecule has 0 bridgehead atoms. The van der Waals surface area contributed by atoms with Gasteiger partial charge in [-0.15, -0.1) is 11.8 Å². The monoisotopic (exact) mass is 239 g/mol. The Hall–Kier alpha value is -1.06. The molecule has 0 aliphatic carbocycles. The van der Waals surface area contributed by atoms with Crippen LogP contribution in [0.4, 0.5) is 5.69 Å². The zero-order valence-corrected chi connectivity index (χ0v) is 9.52. The summed E-state index contributed by atoms with van der Waals surface area (Å²) >= 11 is 7.67. The molecule has 0 amide bonds. The van der Waals surface area contributed by atoms with Gasteiger partial charge in [-0.2, -0.15) is 0 Å². The van der Waals surface area contributed by atoms with Gasteiger partial charge in [0.25, 0.3) is 0 Å². The highest BCUT2D eigenvalue weighted by atomic mass is 35.5. The van der Waals surface area contributed by atoms with E-state index in [1.54, 1.807) is 24.1 Å². The largest absolute Gasteiger partial charge is 0.468 e. The van der Waals surface area contributed by atoms with E-state index >= 15 is 0 Å². The smallest absolute Gasteiger partial charge is 0.113 e. The van der Waals surface area contributed by atoms with Crippen LogP contribution in [0.5, 0.6) is 0 Å². The molecule has 2 aromatic rings. The molecule has 0 aliphatic rings. The Balaban J connectivity index is 2.05. The fraction of sp³-hybridized carbons (Fsp3) is 0.0909. The fourth-order valence-corrected chi connectivity index (χ4v) is 2.35. The molecule has 0 saturated heterocycles. The first-order valence-electron chi connectivity index (χ1n) is 4.46. The van der Waals surface area contributed by atoms with Crippen LogP contribution < -0.4 is 5.73 Å². The summed E-state index contributed by atoms with van der Waals surface area (Å²) in [5.41, 5.74) is 6.29. The van der Waals surface area contributed by atoms with Crippen LogP contribution in [-0.4, -0.2) is 0 Å². The van der Waals surface area contributed by atoms with Crippen molar-refractivity contribution in [2.24, 2.45) is 0 Å². The molecule has 0 unspecified atom stereocenters. The second-order valence-corrected chi connectivity index (χ2v) is 4.48. The lowest BCUT2D eigenvalue weighted by atomic mass is 10.3. The first kappa shape index (κ1) is 10.5. The summed E-state index contributed by atoms with van der Waals surface area (Å²) in [5.74, 6) is 1.71. The van der Waals surface area contributed by atoms with E-state index in [1.807, 2.05) is 24.3 Å². The molecule has 1 heterocycles.